The molecule has 0 fully saturated rings. The van der Waals surface area contributed by atoms with Gasteiger partial charge < -0.3 is 9.88 Å². The monoisotopic (exact) mass is 373 g/mol. The van der Waals surface area contributed by atoms with E-state index in [1.807, 2.05) is 18.2 Å². The first-order chi connectivity index (χ1) is 13.5. The van der Waals surface area contributed by atoms with Gasteiger partial charge in [0.05, 0.1) is 0 Å². The van der Waals surface area contributed by atoms with Crippen molar-refractivity contribution in [2.45, 2.75) is 19.9 Å². The van der Waals surface area contributed by atoms with E-state index in [-0.39, 0.29) is 5.91 Å². The van der Waals surface area contributed by atoms with Crippen LogP contribution in [0.15, 0.2) is 54.6 Å². The molecule has 1 N–H and O–H groups in total. The Morgan fingerprint density at radius 2 is 1.96 bits per heavy atom. The van der Waals surface area contributed by atoms with Crippen LogP contribution in [0.3, 0.4) is 0 Å². The molecule has 0 aliphatic carbocycles. The van der Waals surface area contributed by atoms with Crippen molar-refractivity contribution in [1.82, 2.24) is 14.8 Å². The summed E-state index contributed by atoms with van der Waals surface area (Å²) in [6, 6.07) is 16.5. The third-order valence-electron chi connectivity index (χ3n) is 5.49. The lowest BCUT2D eigenvalue weighted by molar-refractivity contribution is 0.0827. The first kappa shape index (κ1) is 18.5. The van der Waals surface area contributed by atoms with Gasteiger partial charge in [0.25, 0.3) is 5.91 Å². The van der Waals surface area contributed by atoms with Gasteiger partial charge >= 0.3 is 0 Å². The Bertz CT molecular complexity index is 1040. The lowest BCUT2D eigenvalue weighted by Crippen LogP contribution is -2.28. The summed E-state index contributed by atoms with van der Waals surface area (Å²) in [6.45, 7) is 4.98. The minimum Gasteiger partial charge on any atom is -0.358 e. The molecule has 1 aliphatic heterocycles. The van der Waals surface area contributed by atoms with E-state index in [1.165, 1.54) is 33.3 Å². The molecule has 0 atom stereocenters. The Morgan fingerprint density at radius 3 is 2.71 bits per heavy atom. The van der Waals surface area contributed by atoms with Gasteiger partial charge in [0.2, 0.25) is 0 Å². The zero-order valence-electron chi connectivity index (χ0n) is 16.8. The van der Waals surface area contributed by atoms with Crippen LogP contribution >= 0.6 is 0 Å². The summed E-state index contributed by atoms with van der Waals surface area (Å²) in [5.74, 6) is 0.0532. The number of para-hydroxylation sites is 1. The molecule has 0 unspecified atom stereocenters. The molecule has 2 aromatic carbocycles. The second kappa shape index (κ2) is 7.64. The molecule has 0 saturated heterocycles. The second-order valence-electron chi connectivity index (χ2n) is 7.79. The van der Waals surface area contributed by atoms with Gasteiger partial charge in [-0.15, -0.1) is 0 Å². The second-order valence-corrected chi connectivity index (χ2v) is 7.79. The quantitative estimate of drug-likeness (QED) is 0.733. The van der Waals surface area contributed by atoms with E-state index in [2.05, 4.69) is 53.2 Å². The van der Waals surface area contributed by atoms with E-state index in [0.717, 1.165) is 31.6 Å². The minimum atomic E-state index is 0.0532. The van der Waals surface area contributed by atoms with Crippen LogP contribution in [-0.2, 0) is 6.54 Å². The molecule has 2 heterocycles. The normalized spacial score (nSPS) is 14.9. The number of nitrogens with zero attached hydrogens (tertiary/aromatic N) is 2. The number of benzene rings is 2. The van der Waals surface area contributed by atoms with Gasteiger partial charge in [0.15, 0.2) is 0 Å². The molecular weight excluding hydrogens is 346 g/mol. The van der Waals surface area contributed by atoms with Crippen LogP contribution in [0.5, 0.6) is 0 Å². The molecule has 0 spiro atoms. The number of aryl methyl sites for hydroxylation is 1. The maximum absolute atomic E-state index is 12.2. The van der Waals surface area contributed by atoms with Crippen molar-refractivity contribution in [3.63, 3.8) is 0 Å². The van der Waals surface area contributed by atoms with Gasteiger partial charge in [0, 0.05) is 61.5 Å². The van der Waals surface area contributed by atoms with E-state index < -0.39 is 0 Å². The summed E-state index contributed by atoms with van der Waals surface area (Å²) in [5, 5.41) is 1.31. The van der Waals surface area contributed by atoms with Gasteiger partial charge in [-0.05, 0) is 42.7 Å². The van der Waals surface area contributed by atoms with Crippen LogP contribution in [0.25, 0.3) is 16.5 Å². The molecule has 3 aromatic rings. The van der Waals surface area contributed by atoms with Gasteiger partial charge in [-0.3, -0.25) is 9.69 Å². The minimum absolute atomic E-state index is 0.0532. The van der Waals surface area contributed by atoms with Crippen molar-refractivity contribution >= 4 is 22.4 Å². The van der Waals surface area contributed by atoms with Crippen molar-refractivity contribution in [2.24, 2.45) is 0 Å². The van der Waals surface area contributed by atoms with Crippen LogP contribution in [0.2, 0.25) is 0 Å². The average molecular weight is 374 g/mol. The van der Waals surface area contributed by atoms with Crippen molar-refractivity contribution in [3.05, 3.63) is 77.0 Å². The van der Waals surface area contributed by atoms with Gasteiger partial charge in [0.1, 0.15) is 0 Å². The van der Waals surface area contributed by atoms with E-state index in [1.54, 1.807) is 19.0 Å². The van der Waals surface area contributed by atoms with E-state index >= 15 is 0 Å². The molecule has 4 rings (SSSR count). The predicted octanol–water partition coefficient (Wildman–Crippen LogP) is 4.47. The number of rotatable bonds is 4. The van der Waals surface area contributed by atoms with Crippen molar-refractivity contribution in [3.8, 4) is 0 Å². The maximum atomic E-state index is 12.2. The van der Waals surface area contributed by atoms with Crippen LogP contribution in [0.1, 0.15) is 33.6 Å². The third kappa shape index (κ3) is 3.60. The number of hydrogen-bond donors (Lipinski definition) is 1. The van der Waals surface area contributed by atoms with Crippen LogP contribution in [0.4, 0.5) is 0 Å². The molecular formula is C24H27N3O. The molecule has 0 radical (unpaired) electrons. The van der Waals surface area contributed by atoms with Crippen molar-refractivity contribution in [1.29, 1.82) is 0 Å². The highest BCUT2D eigenvalue weighted by Gasteiger charge is 2.18. The number of nitrogens with one attached hydrogen (secondary N) is 1. The first-order valence-corrected chi connectivity index (χ1v) is 9.82. The number of H-pyrrole nitrogens is 1. The smallest absolute Gasteiger partial charge is 0.253 e. The highest BCUT2D eigenvalue weighted by molar-refractivity contribution is 5.95. The molecule has 1 aliphatic rings. The van der Waals surface area contributed by atoms with Crippen molar-refractivity contribution in [2.75, 3.05) is 27.2 Å². The van der Waals surface area contributed by atoms with E-state index in [4.69, 9.17) is 0 Å². The molecule has 144 valence electrons. The molecule has 4 nitrogen and oxygen atoms in total. The summed E-state index contributed by atoms with van der Waals surface area (Å²) in [4.78, 5) is 19.8. The predicted molar refractivity (Wildman–Crippen MR) is 115 cm³/mol. The Balaban J connectivity index is 1.50. The average Bonchev–Trinajstić information content (AvgIpc) is 3.04. The van der Waals surface area contributed by atoms with Crippen LogP contribution in [-0.4, -0.2) is 47.9 Å². The third-order valence-corrected chi connectivity index (χ3v) is 5.49. The number of carbonyl (C=O) groups is 1. The molecule has 0 bridgehead atoms. The summed E-state index contributed by atoms with van der Waals surface area (Å²) in [6.07, 6.45) is 3.40. The summed E-state index contributed by atoms with van der Waals surface area (Å²) in [7, 11) is 3.58. The number of aromatic nitrogens is 1. The standard InChI is InChI=1S/C24H27N3O/c1-17-23(21-9-4-5-10-22(21)25-17)19-11-13-27(14-12-19)16-18-7-6-8-20(15-18)24(28)26(2)3/h4-11,15,25H,12-14,16H2,1-3H3. The topological polar surface area (TPSA) is 39.3 Å². The van der Waals surface area contributed by atoms with Crippen molar-refractivity contribution < 1.29 is 4.79 Å². The van der Waals surface area contributed by atoms with Gasteiger partial charge in [-0.2, -0.15) is 0 Å². The van der Waals surface area contributed by atoms with Crippen LogP contribution < -0.4 is 0 Å². The number of hydrogen-bond acceptors (Lipinski definition) is 2. The van der Waals surface area contributed by atoms with Gasteiger partial charge in [-0.25, -0.2) is 0 Å². The Hall–Kier alpha value is -2.85. The molecule has 1 aromatic heterocycles. The highest BCUT2D eigenvalue weighted by Crippen LogP contribution is 2.32. The number of fused-ring (bicyclic) bond motifs is 1. The largest absolute Gasteiger partial charge is 0.358 e. The lowest BCUT2D eigenvalue weighted by atomic mass is 9.96. The van der Waals surface area contributed by atoms with Crippen LogP contribution in [0, 0.1) is 6.92 Å². The Labute approximate surface area is 166 Å². The zero-order valence-corrected chi connectivity index (χ0v) is 16.8. The fraction of sp³-hybridized carbons (Fsp3) is 0.292. The molecule has 28 heavy (non-hydrogen) atoms. The lowest BCUT2D eigenvalue weighted by Gasteiger charge is -2.27. The Morgan fingerprint density at radius 1 is 1.14 bits per heavy atom. The zero-order chi connectivity index (χ0) is 19.7. The highest BCUT2D eigenvalue weighted by atomic mass is 16.2. The van der Waals surface area contributed by atoms with Gasteiger partial charge in [-0.1, -0.05) is 36.4 Å². The number of aromatic amines is 1. The first-order valence-electron chi connectivity index (χ1n) is 9.82. The molecule has 0 saturated carbocycles. The fourth-order valence-electron chi connectivity index (χ4n) is 4.09. The summed E-state index contributed by atoms with van der Waals surface area (Å²) < 4.78 is 0. The van der Waals surface area contributed by atoms with E-state index in [9.17, 15) is 4.79 Å². The maximum Gasteiger partial charge on any atom is 0.253 e. The summed E-state index contributed by atoms with van der Waals surface area (Å²) >= 11 is 0. The number of amides is 1. The molecule has 1 amide bonds. The molecule has 4 heteroatoms. The summed E-state index contributed by atoms with van der Waals surface area (Å²) in [5.41, 5.74) is 7.20. The van der Waals surface area contributed by atoms with E-state index in [0.29, 0.717) is 0 Å². The Kier molecular flexibility index (Phi) is 5.05. The SMILES string of the molecule is Cc1[nH]c2ccccc2c1C1=CCN(Cc2cccc(C(=O)N(C)C)c2)CC1. The fourth-order valence-corrected chi connectivity index (χ4v) is 4.09. The number of carbonyl (C=O) groups excluding carboxylic acids is 1.